The summed E-state index contributed by atoms with van der Waals surface area (Å²) >= 11 is 2.09. The van der Waals surface area contributed by atoms with Crippen LogP contribution in [0.1, 0.15) is 74.1 Å². The van der Waals surface area contributed by atoms with E-state index in [1.165, 1.54) is 38.1 Å². The first-order valence-corrected chi connectivity index (χ1v) is 8.96. The molecule has 19 heavy (non-hydrogen) atoms. The van der Waals surface area contributed by atoms with Crippen LogP contribution in [0.2, 0.25) is 0 Å². The molecule has 1 atom stereocenters. The number of rotatable bonds is 4. The van der Waals surface area contributed by atoms with E-state index in [1.54, 1.807) is 0 Å². The minimum Gasteiger partial charge on any atom is -0.331 e. The fourth-order valence-electron chi connectivity index (χ4n) is 1.35. The number of unbranched alkanes of at least 4 members (excludes halogenated alkanes) is 1. The third kappa shape index (κ3) is 14.5. The van der Waals surface area contributed by atoms with Crippen LogP contribution in [-0.4, -0.2) is 29.2 Å². The molecule has 0 bridgehead atoms. The van der Waals surface area contributed by atoms with Crippen LogP contribution in [0.15, 0.2) is 0 Å². The Morgan fingerprint density at radius 1 is 1.11 bits per heavy atom. The third-order valence-electron chi connectivity index (χ3n) is 2.84. The van der Waals surface area contributed by atoms with Crippen molar-refractivity contribution in [3.8, 4) is 0 Å². The fraction of sp³-hybridized carbons (Fsp3) is 1.00. The van der Waals surface area contributed by atoms with Gasteiger partial charge in [0.05, 0.1) is 5.37 Å². The Hall–Kier alpha value is 0.270. The van der Waals surface area contributed by atoms with E-state index in [9.17, 15) is 0 Å². The van der Waals surface area contributed by atoms with Crippen LogP contribution in [0.25, 0.3) is 0 Å². The Balaban J connectivity index is 0. The van der Waals surface area contributed by atoms with E-state index in [0.29, 0.717) is 5.41 Å². The van der Waals surface area contributed by atoms with Crippen LogP contribution in [0.4, 0.5) is 0 Å². The summed E-state index contributed by atoms with van der Waals surface area (Å²) in [6, 6.07) is 0. The molecule has 0 aliphatic carbocycles. The average molecular weight is 291 g/mol. The summed E-state index contributed by atoms with van der Waals surface area (Å²) < 4.78 is 0. The van der Waals surface area contributed by atoms with E-state index in [0.717, 1.165) is 11.9 Å². The van der Waals surface area contributed by atoms with Crippen molar-refractivity contribution in [2.75, 3.05) is 19.0 Å². The molecule has 3 heteroatoms. The van der Waals surface area contributed by atoms with Gasteiger partial charge in [0.25, 0.3) is 0 Å². The summed E-state index contributed by atoms with van der Waals surface area (Å²) in [7, 11) is 0. The molecule has 1 rings (SSSR count). The van der Waals surface area contributed by atoms with Crippen LogP contribution < -0.4 is 5.73 Å². The lowest BCUT2D eigenvalue weighted by molar-refractivity contribution is 0.219. The minimum absolute atomic E-state index is 0.499. The van der Waals surface area contributed by atoms with E-state index in [-0.39, 0.29) is 0 Å². The molecule has 1 aliphatic heterocycles. The van der Waals surface area contributed by atoms with Crippen LogP contribution in [0.5, 0.6) is 0 Å². The highest BCUT2D eigenvalue weighted by Crippen LogP contribution is 2.32. The average Bonchev–Trinajstić information content (AvgIpc) is 2.28. The van der Waals surface area contributed by atoms with Crippen molar-refractivity contribution in [3.05, 3.63) is 0 Å². The summed E-state index contributed by atoms with van der Waals surface area (Å²) in [5, 5.41) is 0.826. The molecule has 1 saturated heterocycles. The summed E-state index contributed by atoms with van der Waals surface area (Å²) in [5.74, 6) is 1.26. The number of nitrogens with two attached hydrogens (primary N) is 1. The van der Waals surface area contributed by atoms with Gasteiger partial charge < -0.3 is 5.73 Å². The van der Waals surface area contributed by atoms with Gasteiger partial charge in [-0.3, -0.25) is 4.90 Å². The maximum Gasteiger partial charge on any atom is 0.0575 e. The Kier molecular flexibility index (Phi) is 15.1. The van der Waals surface area contributed by atoms with Gasteiger partial charge in [0.1, 0.15) is 0 Å². The van der Waals surface area contributed by atoms with Gasteiger partial charge >= 0.3 is 0 Å². The normalized spacial score (nSPS) is 18.6. The van der Waals surface area contributed by atoms with Gasteiger partial charge in [-0.15, -0.1) is 11.8 Å². The quantitative estimate of drug-likeness (QED) is 0.795. The lowest BCUT2D eigenvalue weighted by Crippen LogP contribution is -2.43. The topological polar surface area (TPSA) is 29.3 Å². The van der Waals surface area contributed by atoms with Crippen molar-refractivity contribution in [2.45, 2.75) is 79.5 Å². The van der Waals surface area contributed by atoms with E-state index in [2.05, 4.69) is 58.2 Å². The standard InChI is InChI=1S/C10H21NS.C4H10.C2H7N/c1-5-9-11(8-12-9)7-6-10(2,3)4;1-3-4-2;1-2-3/h9H,5-8H2,1-4H3;3-4H2,1-2H3;2-3H2,1H3. The first-order valence-electron chi connectivity index (χ1n) is 7.91. The predicted molar refractivity (Wildman–Crippen MR) is 92.6 cm³/mol. The van der Waals surface area contributed by atoms with Crippen molar-refractivity contribution in [2.24, 2.45) is 11.1 Å². The van der Waals surface area contributed by atoms with E-state index in [1.807, 2.05) is 6.92 Å². The van der Waals surface area contributed by atoms with Crippen molar-refractivity contribution in [1.29, 1.82) is 0 Å². The predicted octanol–water partition coefficient (Wildman–Crippen LogP) is 4.94. The first-order chi connectivity index (χ1) is 8.86. The minimum atomic E-state index is 0.499. The molecule has 0 radical (unpaired) electrons. The highest BCUT2D eigenvalue weighted by Gasteiger charge is 2.27. The van der Waals surface area contributed by atoms with E-state index in [4.69, 9.17) is 5.73 Å². The monoisotopic (exact) mass is 290 g/mol. The molecule has 0 aromatic rings. The second kappa shape index (κ2) is 13.3. The summed E-state index contributed by atoms with van der Waals surface area (Å²) in [4.78, 5) is 2.59. The zero-order valence-corrected chi connectivity index (χ0v) is 15.3. The molecule has 0 amide bonds. The molecule has 1 heterocycles. The second-order valence-corrected chi connectivity index (χ2v) is 7.33. The molecule has 0 spiro atoms. The van der Waals surface area contributed by atoms with Crippen molar-refractivity contribution in [3.63, 3.8) is 0 Å². The zero-order valence-electron chi connectivity index (χ0n) is 14.5. The van der Waals surface area contributed by atoms with Crippen molar-refractivity contribution >= 4 is 11.8 Å². The Bertz CT molecular complexity index is 174. The van der Waals surface area contributed by atoms with E-state index < -0.39 is 0 Å². The third-order valence-corrected chi connectivity index (χ3v) is 4.34. The maximum absolute atomic E-state index is 4.85. The largest absolute Gasteiger partial charge is 0.331 e. The molecule has 118 valence electrons. The summed E-state index contributed by atoms with van der Waals surface area (Å²) in [5.41, 5.74) is 5.35. The molecule has 1 fully saturated rings. The molecule has 1 aliphatic rings. The van der Waals surface area contributed by atoms with Crippen LogP contribution in [0, 0.1) is 5.41 Å². The first kappa shape index (κ1) is 21.6. The summed E-state index contributed by atoms with van der Waals surface area (Å²) in [6.07, 6.45) is 5.26. The van der Waals surface area contributed by atoms with Gasteiger partial charge in [0.15, 0.2) is 0 Å². The highest BCUT2D eigenvalue weighted by molar-refractivity contribution is 8.01. The molecular weight excluding hydrogens is 252 g/mol. The smallest absolute Gasteiger partial charge is 0.0575 e. The van der Waals surface area contributed by atoms with Crippen LogP contribution in [-0.2, 0) is 0 Å². The molecule has 2 N–H and O–H groups in total. The maximum atomic E-state index is 4.85. The number of nitrogens with zero attached hydrogens (tertiary/aromatic N) is 1. The lowest BCUT2D eigenvalue weighted by Gasteiger charge is -2.41. The molecular formula is C16H38N2S. The number of thioether (sulfide) groups is 1. The van der Waals surface area contributed by atoms with Crippen molar-refractivity contribution < 1.29 is 0 Å². The molecule has 0 aromatic carbocycles. The lowest BCUT2D eigenvalue weighted by atomic mass is 9.92. The fourth-order valence-corrected chi connectivity index (χ4v) is 2.39. The Morgan fingerprint density at radius 3 is 1.79 bits per heavy atom. The Labute approximate surface area is 126 Å². The molecule has 2 nitrogen and oxygen atoms in total. The van der Waals surface area contributed by atoms with Gasteiger partial charge in [-0.25, -0.2) is 0 Å². The zero-order chi connectivity index (χ0) is 15.3. The summed E-state index contributed by atoms with van der Waals surface area (Å²) in [6.45, 7) is 17.5. The molecule has 0 saturated carbocycles. The Morgan fingerprint density at radius 2 is 1.58 bits per heavy atom. The highest BCUT2D eigenvalue weighted by atomic mass is 32.2. The number of hydrogen-bond donors (Lipinski definition) is 1. The van der Waals surface area contributed by atoms with Gasteiger partial charge in [-0.05, 0) is 24.8 Å². The van der Waals surface area contributed by atoms with Gasteiger partial charge in [0, 0.05) is 12.4 Å². The van der Waals surface area contributed by atoms with E-state index >= 15 is 0 Å². The van der Waals surface area contributed by atoms with Crippen LogP contribution >= 0.6 is 11.8 Å². The molecule has 0 aromatic heterocycles. The second-order valence-electron chi connectivity index (χ2n) is 6.19. The van der Waals surface area contributed by atoms with Gasteiger partial charge in [-0.1, -0.05) is 61.3 Å². The number of hydrogen-bond acceptors (Lipinski definition) is 3. The van der Waals surface area contributed by atoms with Crippen LogP contribution in [0.3, 0.4) is 0 Å². The van der Waals surface area contributed by atoms with Gasteiger partial charge in [0.2, 0.25) is 0 Å². The van der Waals surface area contributed by atoms with Gasteiger partial charge in [-0.2, -0.15) is 0 Å². The molecule has 1 unspecified atom stereocenters. The SMILES string of the molecule is CCC1SCN1CCC(C)(C)C.CCCC.CCN. The van der Waals surface area contributed by atoms with Crippen molar-refractivity contribution in [1.82, 2.24) is 4.90 Å².